The maximum Gasteiger partial charge on any atom is 0.410 e. The zero-order valence-electron chi connectivity index (χ0n) is 11.7. The van der Waals surface area contributed by atoms with Gasteiger partial charge in [-0.15, -0.1) is 0 Å². The molecule has 0 unspecified atom stereocenters. The molecular weight excluding hydrogens is 230 g/mol. The first-order chi connectivity index (χ1) is 8.35. The van der Waals surface area contributed by atoms with E-state index in [1.165, 1.54) is 6.42 Å². The van der Waals surface area contributed by atoms with Crippen molar-refractivity contribution in [2.75, 3.05) is 6.54 Å². The Labute approximate surface area is 109 Å². The molecule has 4 heteroatoms. The van der Waals surface area contributed by atoms with E-state index in [4.69, 9.17) is 4.74 Å². The molecule has 1 amide bonds. The number of rotatable bonds is 0. The van der Waals surface area contributed by atoms with E-state index in [1.807, 2.05) is 20.8 Å². The first-order valence-electron chi connectivity index (χ1n) is 7.04. The average molecular weight is 255 g/mol. The zero-order chi connectivity index (χ0) is 13.4. The number of aliphatic hydroxyl groups is 1. The van der Waals surface area contributed by atoms with Crippen molar-refractivity contribution in [2.24, 2.45) is 0 Å². The molecule has 1 saturated carbocycles. The van der Waals surface area contributed by atoms with Crippen LogP contribution in [0.25, 0.3) is 0 Å². The molecule has 1 aliphatic carbocycles. The van der Waals surface area contributed by atoms with Gasteiger partial charge in [0.15, 0.2) is 0 Å². The molecule has 1 spiro atoms. The van der Waals surface area contributed by atoms with Gasteiger partial charge in [-0.2, -0.15) is 0 Å². The minimum Gasteiger partial charge on any atom is -0.444 e. The highest BCUT2D eigenvalue weighted by Gasteiger charge is 2.51. The van der Waals surface area contributed by atoms with Crippen molar-refractivity contribution in [3.63, 3.8) is 0 Å². The minimum atomic E-state index is -0.472. The summed E-state index contributed by atoms with van der Waals surface area (Å²) < 4.78 is 5.47. The van der Waals surface area contributed by atoms with Gasteiger partial charge in [-0.1, -0.05) is 19.3 Å². The van der Waals surface area contributed by atoms with E-state index in [0.717, 1.165) is 25.7 Å². The quantitative estimate of drug-likeness (QED) is 0.724. The highest BCUT2D eigenvalue weighted by atomic mass is 16.6. The van der Waals surface area contributed by atoms with Crippen LogP contribution in [0.2, 0.25) is 0 Å². The summed E-state index contributed by atoms with van der Waals surface area (Å²) in [5.74, 6) is 0. The molecule has 2 rings (SSSR count). The lowest BCUT2D eigenvalue weighted by molar-refractivity contribution is -0.0277. The monoisotopic (exact) mass is 255 g/mol. The number of carbonyl (C=O) groups excluding carboxylic acids is 1. The van der Waals surface area contributed by atoms with Gasteiger partial charge in [0.05, 0.1) is 11.6 Å². The van der Waals surface area contributed by atoms with Gasteiger partial charge in [0.25, 0.3) is 0 Å². The molecule has 0 aromatic rings. The van der Waals surface area contributed by atoms with Crippen molar-refractivity contribution in [2.45, 2.75) is 76.5 Å². The van der Waals surface area contributed by atoms with Crippen molar-refractivity contribution in [1.29, 1.82) is 0 Å². The fourth-order valence-corrected chi connectivity index (χ4v) is 3.28. The third kappa shape index (κ3) is 2.48. The highest BCUT2D eigenvalue weighted by Crippen LogP contribution is 2.42. The van der Waals surface area contributed by atoms with Crippen molar-refractivity contribution >= 4 is 6.09 Å². The Morgan fingerprint density at radius 2 is 1.89 bits per heavy atom. The van der Waals surface area contributed by atoms with Gasteiger partial charge in [-0.05, 0) is 40.0 Å². The summed E-state index contributed by atoms with van der Waals surface area (Å²) in [5.41, 5.74) is -0.818. The molecule has 2 aliphatic rings. The zero-order valence-corrected chi connectivity index (χ0v) is 11.7. The Morgan fingerprint density at radius 3 is 2.44 bits per heavy atom. The molecule has 18 heavy (non-hydrogen) atoms. The van der Waals surface area contributed by atoms with Gasteiger partial charge >= 0.3 is 6.09 Å². The molecular formula is C14H25NO3. The second-order valence-corrected chi connectivity index (χ2v) is 6.60. The summed E-state index contributed by atoms with van der Waals surface area (Å²) in [7, 11) is 0. The molecule has 1 atom stereocenters. The molecule has 0 bridgehead atoms. The summed E-state index contributed by atoms with van der Waals surface area (Å²) in [4.78, 5) is 14.1. The van der Waals surface area contributed by atoms with E-state index in [-0.39, 0.29) is 17.7 Å². The molecule has 0 radical (unpaired) electrons. The van der Waals surface area contributed by atoms with Gasteiger partial charge < -0.3 is 9.84 Å². The lowest BCUT2D eigenvalue weighted by Crippen LogP contribution is -2.54. The SMILES string of the molecule is CC(C)(C)OC(=O)N1CC[C@H](O)C12CCCCC2. The molecule has 1 aliphatic heterocycles. The van der Waals surface area contributed by atoms with E-state index in [0.29, 0.717) is 13.0 Å². The maximum absolute atomic E-state index is 12.3. The van der Waals surface area contributed by atoms with Crippen LogP contribution in [0, 0.1) is 0 Å². The lowest BCUT2D eigenvalue weighted by Gasteiger charge is -2.43. The summed E-state index contributed by atoms with van der Waals surface area (Å²) in [6.45, 7) is 6.26. The predicted molar refractivity (Wildman–Crippen MR) is 69.4 cm³/mol. The Morgan fingerprint density at radius 1 is 1.28 bits per heavy atom. The molecule has 1 saturated heterocycles. The van der Waals surface area contributed by atoms with Crippen molar-refractivity contribution < 1.29 is 14.6 Å². The Kier molecular flexibility index (Phi) is 3.58. The second kappa shape index (κ2) is 4.72. The largest absolute Gasteiger partial charge is 0.444 e. The van der Waals surface area contributed by atoms with Crippen LogP contribution in [-0.4, -0.2) is 39.9 Å². The summed E-state index contributed by atoms with van der Waals surface area (Å²) >= 11 is 0. The van der Waals surface area contributed by atoms with Crippen molar-refractivity contribution in [3.05, 3.63) is 0 Å². The maximum atomic E-state index is 12.3. The van der Waals surface area contributed by atoms with Gasteiger partial charge in [0, 0.05) is 6.54 Å². The number of hydrogen-bond donors (Lipinski definition) is 1. The third-order valence-electron chi connectivity index (χ3n) is 4.12. The van der Waals surface area contributed by atoms with Crippen LogP contribution in [-0.2, 0) is 4.74 Å². The summed E-state index contributed by atoms with van der Waals surface area (Å²) in [5, 5.41) is 10.3. The smallest absolute Gasteiger partial charge is 0.410 e. The Bertz CT molecular complexity index is 315. The number of nitrogens with zero attached hydrogens (tertiary/aromatic N) is 1. The Balaban J connectivity index is 2.13. The van der Waals surface area contributed by atoms with E-state index in [1.54, 1.807) is 4.90 Å². The molecule has 0 aromatic carbocycles. The summed E-state index contributed by atoms with van der Waals surface area (Å²) in [6, 6.07) is 0. The molecule has 1 heterocycles. The molecule has 4 nitrogen and oxygen atoms in total. The average Bonchev–Trinajstić information content (AvgIpc) is 2.56. The predicted octanol–water partition coefficient (Wildman–Crippen LogP) is 2.69. The number of ether oxygens (including phenoxy) is 1. The van der Waals surface area contributed by atoms with Crippen LogP contribution >= 0.6 is 0 Å². The number of amides is 1. The van der Waals surface area contributed by atoms with E-state index in [2.05, 4.69) is 0 Å². The second-order valence-electron chi connectivity index (χ2n) is 6.60. The van der Waals surface area contributed by atoms with Gasteiger partial charge in [-0.25, -0.2) is 4.79 Å². The number of likely N-dealkylation sites (tertiary alicyclic amines) is 1. The van der Waals surface area contributed by atoms with Crippen molar-refractivity contribution in [1.82, 2.24) is 4.90 Å². The molecule has 2 fully saturated rings. The van der Waals surface area contributed by atoms with E-state index >= 15 is 0 Å². The summed E-state index contributed by atoms with van der Waals surface area (Å²) in [6.07, 6.45) is 5.25. The Hall–Kier alpha value is -0.770. The van der Waals surface area contributed by atoms with Crippen LogP contribution in [0.5, 0.6) is 0 Å². The topological polar surface area (TPSA) is 49.8 Å². The number of hydrogen-bond acceptors (Lipinski definition) is 3. The van der Waals surface area contributed by atoms with Crippen molar-refractivity contribution in [3.8, 4) is 0 Å². The van der Waals surface area contributed by atoms with E-state index in [9.17, 15) is 9.90 Å². The number of carbonyl (C=O) groups is 1. The first-order valence-corrected chi connectivity index (χ1v) is 7.04. The van der Waals surface area contributed by atoms with E-state index < -0.39 is 5.60 Å². The standard InChI is InChI=1S/C14H25NO3/c1-13(2,3)18-12(17)15-10-7-11(16)14(15)8-5-4-6-9-14/h11,16H,4-10H2,1-3H3/t11-/m0/s1. The molecule has 0 aromatic heterocycles. The van der Waals surface area contributed by atoms with Gasteiger partial charge in [-0.3, -0.25) is 4.90 Å². The first kappa shape index (κ1) is 13.7. The third-order valence-corrected chi connectivity index (χ3v) is 4.12. The van der Waals surface area contributed by atoms with Crippen LogP contribution < -0.4 is 0 Å². The fraction of sp³-hybridized carbons (Fsp3) is 0.929. The molecule has 104 valence electrons. The fourth-order valence-electron chi connectivity index (χ4n) is 3.28. The number of aliphatic hydroxyl groups excluding tert-OH is 1. The van der Waals surface area contributed by atoms with Gasteiger partial charge in [0.1, 0.15) is 5.60 Å². The molecule has 1 N–H and O–H groups in total. The normalized spacial score (nSPS) is 27.6. The van der Waals surface area contributed by atoms with Crippen LogP contribution in [0.3, 0.4) is 0 Å². The minimum absolute atomic E-state index is 0.263. The van der Waals surface area contributed by atoms with Crippen LogP contribution in [0.1, 0.15) is 59.3 Å². The lowest BCUT2D eigenvalue weighted by atomic mass is 9.78. The highest BCUT2D eigenvalue weighted by molar-refractivity contribution is 5.70. The van der Waals surface area contributed by atoms with Crippen LogP contribution in [0.15, 0.2) is 0 Å². The van der Waals surface area contributed by atoms with Crippen LogP contribution in [0.4, 0.5) is 4.79 Å². The van der Waals surface area contributed by atoms with Gasteiger partial charge in [0.2, 0.25) is 0 Å².